The minimum atomic E-state index is -4.30. The van der Waals surface area contributed by atoms with Gasteiger partial charge in [0.15, 0.2) is 0 Å². The summed E-state index contributed by atoms with van der Waals surface area (Å²) in [7, 11) is 0. The lowest BCUT2D eigenvalue weighted by atomic mass is 9.91. The highest BCUT2D eigenvalue weighted by atomic mass is 19.4. The van der Waals surface area contributed by atoms with Crippen molar-refractivity contribution in [3.05, 3.63) is 47.3 Å². The van der Waals surface area contributed by atoms with Crippen LogP contribution in [0.4, 0.5) is 28.0 Å². The number of hydrogen-bond donors (Lipinski definition) is 1. The van der Waals surface area contributed by atoms with E-state index in [0.29, 0.717) is 43.9 Å². The van der Waals surface area contributed by atoms with E-state index in [9.17, 15) is 32.3 Å². The molecule has 3 aliphatic heterocycles. The summed E-state index contributed by atoms with van der Waals surface area (Å²) in [6, 6.07) is 4.76. The Labute approximate surface area is 267 Å². The molecule has 1 N–H and O–H groups in total. The predicted molar refractivity (Wildman–Crippen MR) is 165 cm³/mol. The number of alkyl halides is 3. The van der Waals surface area contributed by atoms with E-state index in [-0.39, 0.29) is 50.9 Å². The molecular formula is C33H45F4N3O6. The van der Waals surface area contributed by atoms with Crippen LogP contribution < -0.4 is 4.90 Å². The zero-order chi connectivity index (χ0) is 33.4. The molecule has 9 nitrogen and oxygen atoms in total. The number of aliphatic hydroxyl groups is 1. The number of carbonyl (C=O) groups excluding carboxylic acids is 2. The van der Waals surface area contributed by atoms with Crippen LogP contribution in [0.1, 0.15) is 45.6 Å². The number of esters is 1. The maximum Gasteiger partial charge on any atom is 0.410 e. The zero-order valence-electron chi connectivity index (χ0n) is 26.7. The third-order valence-electron chi connectivity index (χ3n) is 8.65. The van der Waals surface area contributed by atoms with Gasteiger partial charge in [-0.05, 0) is 61.1 Å². The maximum atomic E-state index is 14.7. The molecule has 0 saturated carbocycles. The van der Waals surface area contributed by atoms with Gasteiger partial charge in [-0.1, -0.05) is 26.0 Å². The van der Waals surface area contributed by atoms with Crippen LogP contribution in [0.25, 0.3) is 6.08 Å². The molecule has 0 aromatic heterocycles. The molecule has 2 fully saturated rings. The highest BCUT2D eigenvalue weighted by Gasteiger charge is 2.34. The Morgan fingerprint density at radius 3 is 2.41 bits per heavy atom. The standard InChI is InChI=1S/C33H45F4N3O6/c1-22-4-6-28(41)20-30(42)46-31(24(3)16-25-17-26(34)19-27(18-25)39-12-14-44-15-13-39)23(2)5-7-29(22)45-32(43)40-10-8-38(9-11-40)21-33(35,36)37/h5,7,16-19,22-23,28-29,31,41H,4,6,8-15,20-21H2,1-3H3/b7-5?,24-16+/t22-,23-,28+,29-,31-/m0/s1. The fraction of sp³-hybridized carbons (Fsp3) is 0.636. The van der Waals surface area contributed by atoms with Crippen molar-refractivity contribution in [1.29, 1.82) is 0 Å². The molecule has 256 valence electrons. The Kier molecular flexibility index (Phi) is 12.5. The summed E-state index contributed by atoms with van der Waals surface area (Å²) >= 11 is 0. The number of amides is 1. The molecule has 3 heterocycles. The van der Waals surface area contributed by atoms with E-state index in [4.69, 9.17) is 14.2 Å². The molecule has 13 heteroatoms. The maximum absolute atomic E-state index is 14.7. The van der Waals surface area contributed by atoms with Crippen LogP contribution >= 0.6 is 0 Å². The highest BCUT2D eigenvalue weighted by molar-refractivity contribution is 5.71. The van der Waals surface area contributed by atoms with E-state index in [1.807, 2.05) is 30.9 Å². The van der Waals surface area contributed by atoms with Crippen LogP contribution in [0.2, 0.25) is 0 Å². The highest BCUT2D eigenvalue weighted by Crippen LogP contribution is 2.28. The van der Waals surface area contributed by atoms with Gasteiger partial charge in [0, 0.05) is 50.9 Å². The van der Waals surface area contributed by atoms with Crippen LogP contribution in [-0.2, 0) is 19.0 Å². The van der Waals surface area contributed by atoms with Gasteiger partial charge >= 0.3 is 18.2 Å². The lowest BCUT2D eigenvalue weighted by Gasteiger charge is -2.35. The molecule has 3 aliphatic rings. The summed E-state index contributed by atoms with van der Waals surface area (Å²) in [5, 5.41) is 10.6. The third-order valence-corrected chi connectivity index (χ3v) is 8.65. The van der Waals surface area contributed by atoms with Gasteiger partial charge in [-0.3, -0.25) is 9.69 Å². The molecule has 1 aromatic carbocycles. The second-order valence-electron chi connectivity index (χ2n) is 12.5. The van der Waals surface area contributed by atoms with Crippen molar-refractivity contribution in [3.8, 4) is 0 Å². The number of aliphatic hydroxyl groups excluding tert-OH is 1. The molecule has 0 spiro atoms. The second kappa shape index (κ2) is 16.1. The number of ether oxygens (including phenoxy) is 3. The number of halogens is 4. The minimum Gasteiger partial charge on any atom is -0.457 e. The summed E-state index contributed by atoms with van der Waals surface area (Å²) in [6.45, 7) is 7.32. The van der Waals surface area contributed by atoms with Gasteiger partial charge < -0.3 is 29.1 Å². The lowest BCUT2D eigenvalue weighted by Crippen LogP contribution is -2.51. The second-order valence-corrected chi connectivity index (χ2v) is 12.5. The topological polar surface area (TPSA) is 91.8 Å². The van der Waals surface area contributed by atoms with Crippen molar-refractivity contribution >= 4 is 23.8 Å². The quantitative estimate of drug-likeness (QED) is 0.268. The van der Waals surface area contributed by atoms with Gasteiger partial charge in [-0.25, -0.2) is 9.18 Å². The van der Waals surface area contributed by atoms with Gasteiger partial charge in [0.2, 0.25) is 0 Å². The fourth-order valence-electron chi connectivity index (χ4n) is 6.01. The molecule has 1 amide bonds. The zero-order valence-corrected chi connectivity index (χ0v) is 26.7. The number of hydrogen-bond acceptors (Lipinski definition) is 8. The Hall–Kier alpha value is -3.16. The van der Waals surface area contributed by atoms with Gasteiger partial charge in [0.25, 0.3) is 0 Å². The van der Waals surface area contributed by atoms with Gasteiger partial charge in [-0.15, -0.1) is 0 Å². The Morgan fingerprint density at radius 2 is 1.74 bits per heavy atom. The molecule has 2 saturated heterocycles. The molecular weight excluding hydrogens is 610 g/mol. The average Bonchev–Trinajstić information content (AvgIpc) is 2.99. The van der Waals surface area contributed by atoms with E-state index in [1.54, 1.807) is 19.1 Å². The Balaban J connectivity index is 1.51. The molecule has 46 heavy (non-hydrogen) atoms. The predicted octanol–water partition coefficient (Wildman–Crippen LogP) is 5.04. The normalized spacial score (nSPS) is 27.9. The molecule has 0 aliphatic carbocycles. The molecule has 0 radical (unpaired) electrons. The molecule has 5 atom stereocenters. The Morgan fingerprint density at radius 1 is 1.04 bits per heavy atom. The van der Waals surface area contributed by atoms with Crippen LogP contribution in [0, 0.1) is 17.7 Å². The van der Waals surface area contributed by atoms with E-state index in [1.165, 1.54) is 21.9 Å². The van der Waals surface area contributed by atoms with Crippen LogP contribution in [0.5, 0.6) is 0 Å². The number of carbonyl (C=O) groups is 2. The first kappa shape index (κ1) is 35.7. The van der Waals surface area contributed by atoms with Crippen molar-refractivity contribution in [3.63, 3.8) is 0 Å². The summed E-state index contributed by atoms with van der Waals surface area (Å²) in [6.07, 6.45) is -1.46. The number of cyclic esters (lactones) is 1. The first-order valence-corrected chi connectivity index (χ1v) is 15.9. The Bertz CT molecular complexity index is 1240. The van der Waals surface area contributed by atoms with Gasteiger partial charge in [0.05, 0.1) is 32.3 Å². The largest absolute Gasteiger partial charge is 0.457 e. The molecule has 1 aromatic rings. The smallest absolute Gasteiger partial charge is 0.410 e. The van der Waals surface area contributed by atoms with Gasteiger partial charge in [-0.2, -0.15) is 13.2 Å². The van der Waals surface area contributed by atoms with E-state index >= 15 is 0 Å². The SMILES string of the molecule is C/C(=C\c1cc(F)cc(N2CCOCC2)c1)[C@H]1OC(=O)C[C@H](O)CC[C@H](C)[C@@H](OC(=O)N2CCN(CC(F)(F)F)CC2)C=C[C@@H]1C. The molecule has 4 rings (SSSR count). The summed E-state index contributed by atoms with van der Waals surface area (Å²) in [5.41, 5.74) is 2.00. The number of benzene rings is 1. The van der Waals surface area contributed by atoms with Crippen molar-refractivity contribution < 1.29 is 46.5 Å². The van der Waals surface area contributed by atoms with E-state index in [2.05, 4.69) is 0 Å². The van der Waals surface area contributed by atoms with Crippen molar-refractivity contribution in [2.45, 2.75) is 64.5 Å². The monoisotopic (exact) mass is 655 g/mol. The van der Waals surface area contributed by atoms with E-state index in [0.717, 1.165) is 5.69 Å². The van der Waals surface area contributed by atoms with Crippen LogP contribution in [-0.4, -0.2) is 110 Å². The summed E-state index contributed by atoms with van der Waals surface area (Å²) < 4.78 is 70.1. The summed E-state index contributed by atoms with van der Waals surface area (Å²) in [4.78, 5) is 30.6. The first-order valence-electron chi connectivity index (χ1n) is 15.9. The average molecular weight is 656 g/mol. The van der Waals surface area contributed by atoms with Crippen LogP contribution in [0.3, 0.4) is 0 Å². The fourth-order valence-corrected chi connectivity index (χ4v) is 6.01. The third kappa shape index (κ3) is 10.7. The van der Waals surface area contributed by atoms with Gasteiger partial charge in [0.1, 0.15) is 18.0 Å². The number of morpholine rings is 1. The number of nitrogens with zero attached hydrogens (tertiary/aromatic N) is 3. The van der Waals surface area contributed by atoms with E-state index < -0.39 is 48.9 Å². The number of anilines is 1. The van der Waals surface area contributed by atoms with Crippen molar-refractivity contribution in [2.24, 2.45) is 11.8 Å². The molecule has 0 bridgehead atoms. The minimum absolute atomic E-state index is 0.0891. The lowest BCUT2D eigenvalue weighted by molar-refractivity contribution is -0.151. The van der Waals surface area contributed by atoms with Crippen molar-refractivity contribution in [1.82, 2.24) is 9.80 Å². The summed E-state index contributed by atoms with van der Waals surface area (Å²) in [5.74, 6) is -1.55. The van der Waals surface area contributed by atoms with Crippen LogP contribution in [0.15, 0.2) is 35.9 Å². The number of rotatable bonds is 5. The number of piperazine rings is 1. The first-order chi connectivity index (χ1) is 21.8. The van der Waals surface area contributed by atoms with Crippen molar-refractivity contribution in [2.75, 3.05) is 63.9 Å². The molecule has 0 unspecified atom stereocenters.